The minimum Gasteiger partial charge on any atom is -0.464 e. The van der Waals surface area contributed by atoms with Crippen LogP contribution in [-0.4, -0.2) is 117 Å². The van der Waals surface area contributed by atoms with Crippen LogP contribution in [-0.2, 0) is 19.1 Å². The summed E-state index contributed by atoms with van der Waals surface area (Å²) in [5.74, 6) is -3.88. The Morgan fingerprint density at radius 1 is 0.532 bits per heavy atom. The van der Waals surface area contributed by atoms with Crippen LogP contribution in [0.15, 0.2) is 0 Å². The number of carbonyl (C=O) groups is 2. The third-order valence-electron chi connectivity index (χ3n) is 14.1. The van der Waals surface area contributed by atoms with Crippen LogP contribution in [0.3, 0.4) is 0 Å². The van der Waals surface area contributed by atoms with Crippen LogP contribution >= 0.6 is 0 Å². The van der Waals surface area contributed by atoms with Crippen molar-refractivity contribution in [3.63, 3.8) is 0 Å². The van der Waals surface area contributed by atoms with Crippen molar-refractivity contribution in [3.8, 4) is 0 Å². The van der Waals surface area contributed by atoms with Gasteiger partial charge in [-0.15, -0.1) is 0 Å². The van der Waals surface area contributed by atoms with Gasteiger partial charge in [0.1, 0.15) is 13.2 Å². The molecule has 0 aliphatic carbocycles. The Balaban J connectivity index is 2.11. The third-order valence-corrected chi connectivity index (χ3v) is 14.1. The standard InChI is InChI=1S/C51H98N2O9/c1-5-7-9-11-18-26-44(28-20-13-15-22-30-49(3,57)58)47(55)61-42-46(53-39-34-51(35-40-53)32-37-52(38-33-51)36-24-17-25-41-54)43-62-48(56)45(27-19-12-10-8-6-2)29-21-14-16-23-31-50(4,59)60/h44-46,54,57-60H,5-43H2,1-4H3. The zero-order chi connectivity index (χ0) is 45.5. The largest absolute Gasteiger partial charge is 0.464 e. The Labute approximate surface area is 379 Å². The Bertz CT molecular complexity index is 1050. The Hall–Kier alpha value is -1.34. The number of rotatable bonds is 38. The topological polar surface area (TPSA) is 160 Å². The van der Waals surface area contributed by atoms with Crippen molar-refractivity contribution in [2.24, 2.45) is 17.3 Å². The van der Waals surface area contributed by atoms with Crippen molar-refractivity contribution >= 4 is 11.9 Å². The maximum Gasteiger partial charge on any atom is 0.308 e. The van der Waals surface area contributed by atoms with Gasteiger partial charge in [-0.25, -0.2) is 0 Å². The van der Waals surface area contributed by atoms with E-state index in [0.29, 0.717) is 18.3 Å². The number of aliphatic hydroxyl groups excluding tert-OH is 1. The van der Waals surface area contributed by atoms with Crippen molar-refractivity contribution in [2.45, 2.75) is 244 Å². The lowest BCUT2D eigenvalue weighted by Gasteiger charge is -2.48. The summed E-state index contributed by atoms with van der Waals surface area (Å²) in [6, 6.07) is -0.195. The molecule has 2 unspecified atom stereocenters. The Morgan fingerprint density at radius 3 is 1.29 bits per heavy atom. The molecule has 11 heteroatoms. The van der Waals surface area contributed by atoms with Gasteiger partial charge >= 0.3 is 11.9 Å². The van der Waals surface area contributed by atoms with E-state index >= 15 is 0 Å². The van der Waals surface area contributed by atoms with Gasteiger partial charge in [-0.3, -0.25) is 14.5 Å². The molecule has 1 spiro atoms. The van der Waals surface area contributed by atoms with Crippen molar-refractivity contribution in [1.82, 2.24) is 9.80 Å². The number of carbonyl (C=O) groups excluding carboxylic acids is 2. The summed E-state index contributed by atoms with van der Waals surface area (Å²) in [5.41, 5.74) is 0.335. The van der Waals surface area contributed by atoms with Gasteiger partial charge in [0.15, 0.2) is 11.6 Å². The smallest absolute Gasteiger partial charge is 0.308 e. The molecule has 2 saturated heterocycles. The van der Waals surface area contributed by atoms with E-state index < -0.39 is 11.6 Å². The molecule has 2 fully saturated rings. The first-order valence-electron chi connectivity index (χ1n) is 26.0. The highest BCUT2D eigenvalue weighted by Gasteiger charge is 2.39. The molecular weight excluding hydrogens is 785 g/mol. The Kier molecular flexibility index (Phi) is 30.4. The molecular formula is C51H98N2O9. The highest BCUT2D eigenvalue weighted by molar-refractivity contribution is 5.73. The maximum absolute atomic E-state index is 13.9. The molecule has 2 rings (SSSR count). The van der Waals surface area contributed by atoms with E-state index in [0.717, 1.165) is 168 Å². The number of hydrogen-bond donors (Lipinski definition) is 5. The van der Waals surface area contributed by atoms with Crippen molar-refractivity contribution in [1.29, 1.82) is 0 Å². The number of ether oxygens (including phenoxy) is 2. The molecule has 0 saturated carbocycles. The number of hydrogen-bond acceptors (Lipinski definition) is 11. The van der Waals surface area contributed by atoms with E-state index in [1.807, 2.05) is 0 Å². The molecule has 0 aromatic carbocycles. The number of unbranched alkanes of at least 4 members (excludes halogenated alkanes) is 16. The summed E-state index contributed by atoms with van der Waals surface area (Å²) in [6.45, 7) is 13.2. The summed E-state index contributed by atoms with van der Waals surface area (Å²) in [7, 11) is 0. The van der Waals surface area contributed by atoms with Crippen LogP contribution in [0.2, 0.25) is 0 Å². The first-order valence-corrected chi connectivity index (χ1v) is 26.0. The minimum absolute atomic E-state index is 0.136. The number of aliphatic hydroxyl groups is 5. The quantitative estimate of drug-likeness (QED) is 0.0228. The van der Waals surface area contributed by atoms with Crippen LogP contribution in [0, 0.1) is 17.3 Å². The van der Waals surface area contributed by atoms with Crippen molar-refractivity contribution in [2.75, 3.05) is 52.5 Å². The van der Waals surface area contributed by atoms with Gasteiger partial charge in [-0.2, -0.15) is 0 Å². The van der Waals surface area contributed by atoms with Gasteiger partial charge in [0, 0.05) is 19.4 Å². The van der Waals surface area contributed by atoms with E-state index in [2.05, 4.69) is 23.6 Å². The lowest BCUT2D eigenvalue weighted by atomic mass is 9.71. The summed E-state index contributed by atoms with van der Waals surface area (Å²) in [4.78, 5) is 32.9. The second-order valence-electron chi connectivity index (χ2n) is 20.2. The van der Waals surface area contributed by atoms with Crippen LogP contribution in [0.4, 0.5) is 0 Å². The zero-order valence-electron chi connectivity index (χ0n) is 40.6. The SMILES string of the molecule is CCCCCCCC(CCCCCCC(C)(O)O)C(=O)OCC(COC(=O)C(CCCCCCC)CCCCCCC(C)(O)O)N1CCC2(CCN(CCCCCO)CC2)CC1. The van der Waals surface area contributed by atoms with Gasteiger partial charge < -0.3 is 39.9 Å². The molecule has 366 valence electrons. The molecule has 11 nitrogen and oxygen atoms in total. The van der Waals surface area contributed by atoms with Crippen molar-refractivity contribution < 1.29 is 44.6 Å². The van der Waals surface area contributed by atoms with E-state index in [4.69, 9.17) is 14.6 Å². The van der Waals surface area contributed by atoms with E-state index in [9.17, 15) is 30.0 Å². The van der Waals surface area contributed by atoms with Crippen LogP contribution in [0.25, 0.3) is 0 Å². The maximum atomic E-state index is 13.9. The highest BCUT2D eigenvalue weighted by Crippen LogP contribution is 2.42. The van der Waals surface area contributed by atoms with Crippen LogP contribution in [0.1, 0.15) is 227 Å². The molecule has 2 aliphatic heterocycles. The number of nitrogens with zero attached hydrogens (tertiary/aromatic N) is 2. The molecule has 2 aliphatic rings. The van der Waals surface area contributed by atoms with Gasteiger partial charge in [-0.05, 0) is 135 Å². The molecule has 0 amide bonds. The molecule has 0 aromatic rings. The first-order chi connectivity index (χ1) is 29.7. The average molecular weight is 883 g/mol. The fourth-order valence-corrected chi connectivity index (χ4v) is 9.75. The summed E-state index contributed by atoms with van der Waals surface area (Å²) < 4.78 is 12.5. The molecule has 0 radical (unpaired) electrons. The third kappa shape index (κ3) is 27.2. The number of esters is 2. The van der Waals surface area contributed by atoms with Gasteiger partial charge in [-0.1, -0.05) is 117 Å². The van der Waals surface area contributed by atoms with Crippen LogP contribution < -0.4 is 0 Å². The summed E-state index contributed by atoms with van der Waals surface area (Å²) in [6.07, 6.45) is 29.9. The van der Waals surface area contributed by atoms with Crippen molar-refractivity contribution in [3.05, 3.63) is 0 Å². The first kappa shape index (κ1) is 56.8. The number of piperidine rings is 2. The summed E-state index contributed by atoms with van der Waals surface area (Å²) >= 11 is 0. The molecule has 5 N–H and O–H groups in total. The van der Waals surface area contributed by atoms with E-state index in [1.165, 1.54) is 65.2 Å². The molecule has 0 bridgehead atoms. The zero-order valence-corrected chi connectivity index (χ0v) is 40.6. The predicted molar refractivity (Wildman–Crippen MR) is 250 cm³/mol. The van der Waals surface area contributed by atoms with Gasteiger partial charge in [0.2, 0.25) is 0 Å². The van der Waals surface area contributed by atoms with Crippen LogP contribution in [0.5, 0.6) is 0 Å². The van der Waals surface area contributed by atoms with Gasteiger partial charge in [0.05, 0.1) is 17.9 Å². The number of likely N-dealkylation sites (tertiary alicyclic amines) is 2. The van der Waals surface area contributed by atoms with E-state index in [-0.39, 0.29) is 49.6 Å². The monoisotopic (exact) mass is 883 g/mol. The lowest BCUT2D eigenvalue weighted by molar-refractivity contribution is -0.156. The minimum atomic E-state index is -1.63. The fourth-order valence-electron chi connectivity index (χ4n) is 9.75. The second kappa shape index (κ2) is 33.2. The van der Waals surface area contributed by atoms with Gasteiger partial charge in [0.25, 0.3) is 0 Å². The second-order valence-corrected chi connectivity index (χ2v) is 20.2. The average Bonchev–Trinajstić information content (AvgIpc) is 3.23. The predicted octanol–water partition coefficient (Wildman–Crippen LogP) is 9.82. The highest BCUT2D eigenvalue weighted by atomic mass is 16.5. The molecule has 0 aromatic heterocycles. The summed E-state index contributed by atoms with van der Waals surface area (Å²) in [5, 5.41) is 47.9. The molecule has 2 heterocycles. The normalized spacial score (nSPS) is 17.9. The molecule has 62 heavy (non-hydrogen) atoms. The molecule has 2 atom stereocenters. The van der Waals surface area contributed by atoms with E-state index in [1.54, 1.807) is 0 Å². The fraction of sp³-hybridized carbons (Fsp3) is 0.961. The lowest BCUT2D eigenvalue weighted by Crippen LogP contribution is -2.52. The Morgan fingerprint density at radius 2 is 0.903 bits per heavy atom.